The lowest BCUT2D eigenvalue weighted by atomic mass is 10.00. The second-order valence-electron chi connectivity index (χ2n) is 4.88. The van der Waals surface area contributed by atoms with E-state index >= 15 is 0 Å². The van der Waals surface area contributed by atoms with Crippen LogP contribution >= 0.6 is 11.8 Å². The van der Waals surface area contributed by atoms with Crippen LogP contribution < -0.4 is 5.73 Å². The molecule has 1 fully saturated rings. The van der Waals surface area contributed by atoms with Gasteiger partial charge in [-0.25, -0.2) is 0 Å². The highest BCUT2D eigenvalue weighted by Gasteiger charge is 2.38. The fourth-order valence-corrected chi connectivity index (χ4v) is 3.01. The van der Waals surface area contributed by atoms with E-state index < -0.39 is 5.54 Å². The van der Waals surface area contributed by atoms with Crippen LogP contribution in [0.3, 0.4) is 0 Å². The molecule has 1 saturated heterocycles. The Bertz CT molecular complexity index is 369. The SMILES string of the molecule is CCC(C)(N)c1noc(C2(C)CCCS2)n1. The Balaban J connectivity index is 2.26. The maximum atomic E-state index is 6.10. The van der Waals surface area contributed by atoms with Gasteiger partial charge in [-0.15, -0.1) is 11.8 Å². The molecule has 0 spiro atoms. The molecular formula is C11H19N3OS. The van der Waals surface area contributed by atoms with Gasteiger partial charge in [0.15, 0.2) is 5.82 Å². The summed E-state index contributed by atoms with van der Waals surface area (Å²) < 4.78 is 5.37. The van der Waals surface area contributed by atoms with Crippen LogP contribution in [-0.4, -0.2) is 15.9 Å². The third-order valence-corrected chi connectivity index (χ3v) is 4.85. The van der Waals surface area contributed by atoms with Crippen LogP contribution in [0.15, 0.2) is 4.52 Å². The lowest BCUT2D eigenvalue weighted by Crippen LogP contribution is -2.33. The highest BCUT2D eigenvalue weighted by molar-refractivity contribution is 8.00. The summed E-state index contributed by atoms with van der Waals surface area (Å²) in [6.07, 6.45) is 3.12. The predicted octanol–water partition coefficient (Wildman–Crippen LogP) is 2.40. The van der Waals surface area contributed by atoms with Crippen LogP contribution in [0.5, 0.6) is 0 Å². The fraction of sp³-hybridized carbons (Fsp3) is 0.818. The molecule has 5 heteroatoms. The third kappa shape index (κ3) is 1.98. The first-order chi connectivity index (χ1) is 7.48. The molecule has 2 unspecified atom stereocenters. The van der Waals surface area contributed by atoms with E-state index in [1.54, 1.807) is 0 Å². The lowest BCUT2D eigenvalue weighted by molar-refractivity contribution is 0.328. The van der Waals surface area contributed by atoms with Crippen LogP contribution in [0.25, 0.3) is 0 Å². The van der Waals surface area contributed by atoms with Gasteiger partial charge in [0.1, 0.15) is 0 Å². The molecule has 1 aromatic heterocycles. The molecule has 0 amide bonds. The fourth-order valence-electron chi connectivity index (χ4n) is 1.78. The van der Waals surface area contributed by atoms with Crippen molar-refractivity contribution in [1.29, 1.82) is 0 Å². The highest BCUT2D eigenvalue weighted by Crippen LogP contribution is 2.45. The van der Waals surface area contributed by atoms with Gasteiger partial charge in [-0.2, -0.15) is 4.98 Å². The van der Waals surface area contributed by atoms with E-state index in [-0.39, 0.29) is 4.75 Å². The van der Waals surface area contributed by atoms with E-state index in [0.717, 1.165) is 18.7 Å². The topological polar surface area (TPSA) is 64.9 Å². The molecular weight excluding hydrogens is 222 g/mol. The zero-order valence-corrected chi connectivity index (χ0v) is 10.9. The Hall–Kier alpha value is -0.550. The maximum absolute atomic E-state index is 6.10. The summed E-state index contributed by atoms with van der Waals surface area (Å²) in [4.78, 5) is 4.48. The largest absolute Gasteiger partial charge is 0.338 e. The number of nitrogens with zero attached hydrogens (tertiary/aromatic N) is 2. The highest BCUT2D eigenvalue weighted by atomic mass is 32.2. The zero-order chi connectivity index (χ0) is 11.8. The van der Waals surface area contributed by atoms with Crippen LogP contribution in [0.1, 0.15) is 51.7 Å². The normalized spacial score (nSPS) is 29.2. The second kappa shape index (κ2) is 4.04. The number of rotatable bonds is 3. The number of nitrogens with two attached hydrogens (primary N) is 1. The maximum Gasteiger partial charge on any atom is 0.242 e. The van der Waals surface area contributed by atoms with E-state index in [1.807, 2.05) is 25.6 Å². The molecule has 0 saturated carbocycles. The van der Waals surface area contributed by atoms with Gasteiger partial charge in [0, 0.05) is 0 Å². The molecule has 0 aromatic carbocycles. The summed E-state index contributed by atoms with van der Waals surface area (Å²) in [7, 11) is 0. The van der Waals surface area contributed by atoms with Gasteiger partial charge in [0.2, 0.25) is 5.89 Å². The third-order valence-electron chi connectivity index (χ3n) is 3.34. The molecule has 2 rings (SSSR count). The van der Waals surface area contributed by atoms with Crippen LogP contribution in [-0.2, 0) is 10.3 Å². The van der Waals surface area contributed by atoms with Crippen molar-refractivity contribution in [3.63, 3.8) is 0 Å². The predicted molar refractivity (Wildman–Crippen MR) is 65.2 cm³/mol. The van der Waals surface area contributed by atoms with Crippen molar-refractivity contribution in [1.82, 2.24) is 10.1 Å². The summed E-state index contributed by atoms with van der Waals surface area (Å²) >= 11 is 1.89. The molecule has 2 heterocycles. The standard InChI is InChI=1S/C11H19N3OS/c1-4-10(2,12)8-13-9(15-14-8)11(3)6-5-7-16-11/h4-7,12H2,1-3H3. The Morgan fingerprint density at radius 2 is 2.38 bits per heavy atom. The molecule has 4 nitrogen and oxygen atoms in total. The van der Waals surface area contributed by atoms with Gasteiger partial charge in [0.05, 0.1) is 10.3 Å². The van der Waals surface area contributed by atoms with Gasteiger partial charge in [-0.3, -0.25) is 0 Å². The summed E-state index contributed by atoms with van der Waals surface area (Å²) in [6.45, 7) is 6.13. The van der Waals surface area contributed by atoms with Gasteiger partial charge in [-0.1, -0.05) is 12.1 Å². The average Bonchev–Trinajstić information content (AvgIpc) is 2.86. The molecule has 1 aromatic rings. The average molecular weight is 241 g/mol. The van der Waals surface area contributed by atoms with E-state index in [2.05, 4.69) is 17.1 Å². The van der Waals surface area contributed by atoms with Crippen LogP contribution in [0.2, 0.25) is 0 Å². The number of thioether (sulfide) groups is 1. The molecule has 0 bridgehead atoms. The van der Waals surface area contributed by atoms with E-state index in [0.29, 0.717) is 5.82 Å². The van der Waals surface area contributed by atoms with Crippen molar-refractivity contribution in [3.8, 4) is 0 Å². The molecule has 1 aliphatic heterocycles. The number of hydrogen-bond donors (Lipinski definition) is 1. The Kier molecular flexibility index (Phi) is 3.01. The zero-order valence-electron chi connectivity index (χ0n) is 10.1. The summed E-state index contributed by atoms with van der Waals surface area (Å²) in [6, 6.07) is 0. The summed E-state index contributed by atoms with van der Waals surface area (Å²) in [5.41, 5.74) is 5.62. The van der Waals surface area contributed by atoms with Crippen molar-refractivity contribution in [2.24, 2.45) is 5.73 Å². The van der Waals surface area contributed by atoms with Crippen molar-refractivity contribution < 1.29 is 4.52 Å². The molecule has 90 valence electrons. The van der Waals surface area contributed by atoms with Crippen LogP contribution in [0, 0.1) is 0 Å². The van der Waals surface area contributed by atoms with Gasteiger partial charge < -0.3 is 10.3 Å². The molecule has 2 N–H and O–H groups in total. The lowest BCUT2D eigenvalue weighted by Gasteiger charge is -2.18. The smallest absolute Gasteiger partial charge is 0.242 e. The number of hydrogen-bond acceptors (Lipinski definition) is 5. The Morgan fingerprint density at radius 1 is 1.62 bits per heavy atom. The van der Waals surface area contributed by atoms with E-state index in [9.17, 15) is 0 Å². The van der Waals surface area contributed by atoms with Gasteiger partial charge >= 0.3 is 0 Å². The first-order valence-electron chi connectivity index (χ1n) is 5.75. The molecule has 16 heavy (non-hydrogen) atoms. The molecule has 2 atom stereocenters. The molecule has 0 radical (unpaired) electrons. The Labute approximate surface area is 100 Å². The minimum atomic E-state index is -0.485. The van der Waals surface area contributed by atoms with Gasteiger partial charge in [-0.05, 0) is 38.9 Å². The first kappa shape index (κ1) is 11.9. The van der Waals surface area contributed by atoms with Crippen molar-refractivity contribution in [2.75, 3.05) is 5.75 Å². The summed E-state index contributed by atoms with van der Waals surface area (Å²) in [5, 5.41) is 4.02. The van der Waals surface area contributed by atoms with Crippen LogP contribution in [0.4, 0.5) is 0 Å². The second-order valence-corrected chi connectivity index (χ2v) is 6.47. The quantitative estimate of drug-likeness (QED) is 0.880. The van der Waals surface area contributed by atoms with Crippen molar-refractivity contribution in [3.05, 3.63) is 11.7 Å². The minimum Gasteiger partial charge on any atom is -0.338 e. The number of aromatic nitrogens is 2. The Morgan fingerprint density at radius 3 is 2.94 bits per heavy atom. The molecule has 1 aliphatic rings. The van der Waals surface area contributed by atoms with E-state index in [4.69, 9.17) is 10.3 Å². The molecule has 0 aliphatic carbocycles. The van der Waals surface area contributed by atoms with Crippen molar-refractivity contribution in [2.45, 2.75) is 50.3 Å². The van der Waals surface area contributed by atoms with Gasteiger partial charge in [0.25, 0.3) is 0 Å². The monoisotopic (exact) mass is 241 g/mol. The van der Waals surface area contributed by atoms with E-state index in [1.165, 1.54) is 12.2 Å². The summed E-state index contributed by atoms with van der Waals surface area (Å²) in [5.74, 6) is 2.52. The van der Waals surface area contributed by atoms with Crippen molar-refractivity contribution >= 4 is 11.8 Å². The first-order valence-corrected chi connectivity index (χ1v) is 6.74. The minimum absolute atomic E-state index is 0.00489.